The van der Waals surface area contributed by atoms with Gasteiger partial charge in [-0.1, -0.05) is 24.3 Å². The van der Waals surface area contributed by atoms with E-state index in [2.05, 4.69) is 0 Å². The predicted octanol–water partition coefficient (Wildman–Crippen LogP) is 3.26. The zero-order chi connectivity index (χ0) is 10.4. The van der Waals surface area contributed by atoms with Crippen LogP contribution in [-0.4, -0.2) is 12.7 Å². The molecule has 2 heteroatoms. The maximum absolute atomic E-state index is 12.5. The van der Waals surface area contributed by atoms with Crippen LogP contribution < -0.4 is 0 Å². The number of rotatable bonds is 4. The van der Waals surface area contributed by atoms with Gasteiger partial charge in [-0.2, -0.15) is 0 Å². The molecule has 0 aromatic heterocycles. The largest absolute Gasteiger partial charge is 0.375 e. The van der Waals surface area contributed by atoms with E-state index >= 15 is 0 Å². The van der Waals surface area contributed by atoms with E-state index in [4.69, 9.17) is 4.74 Å². The lowest BCUT2D eigenvalue weighted by Gasteiger charge is -2.02. The van der Waals surface area contributed by atoms with Crippen molar-refractivity contribution in [3.63, 3.8) is 0 Å². The summed E-state index contributed by atoms with van der Waals surface area (Å²) < 4.78 is 17.9. The molecule has 1 nitrogen and oxygen atoms in total. The summed E-state index contributed by atoms with van der Waals surface area (Å²) >= 11 is 0. The van der Waals surface area contributed by atoms with E-state index in [1.165, 1.54) is 12.1 Å². The van der Waals surface area contributed by atoms with Gasteiger partial charge in [0.2, 0.25) is 0 Å². The summed E-state index contributed by atoms with van der Waals surface area (Å²) in [6.07, 6.45) is 4.09. The molecule has 0 saturated carbocycles. The van der Waals surface area contributed by atoms with Crippen LogP contribution in [0.5, 0.6) is 0 Å². The van der Waals surface area contributed by atoms with Crippen molar-refractivity contribution in [3.05, 3.63) is 41.7 Å². The van der Waals surface area contributed by atoms with Crippen LogP contribution in [0.4, 0.5) is 4.39 Å². The molecule has 0 aliphatic rings. The molecule has 0 atom stereocenters. The third kappa shape index (κ3) is 4.19. The normalized spacial score (nSPS) is 11.4. The highest BCUT2D eigenvalue weighted by molar-refractivity contribution is 5.48. The second-order valence-corrected chi connectivity index (χ2v) is 3.34. The first kappa shape index (κ1) is 10.9. The Morgan fingerprint density at radius 1 is 1.29 bits per heavy atom. The molecule has 0 saturated heterocycles. The van der Waals surface area contributed by atoms with Crippen molar-refractivity contribution in [2.45, 2.75) is 20.0 Å². The minimum Gasteiger partial charge on any atom is -0.375 e. The summed E-state index contributed by atoms with van der Waals surface area (Å²) in [4.78, 5) is 0. The molecule has 1 aromatic rings. The summed E-state index contributed by atoms with van der Waals surface area (Å²) in [5.41, 5.74) is 0.985. The molecular formula is C12H15FO. The minimum absolute atomic E-state index is 0.208. The van der Waals surface area contributed by atoms with Crippen molar-refractivity contribution in [2.75, 3.05) is 6.61 Å². The Morgan fingerprint density at radius 2 is 1.93 bits per heavy atom. The van der Waals surface area contributed by atoms with Crippen LogP contribution >= 0.6 is 0 Å². The number of ether oxygens (including phenoxy) is 1. The summed E-state index contributed by atoms with van der Waals surface area (Å²) in [6, 6.07) is 6.37. The lowest BCUT2D eigenvalue weighted by molar-refractivity contribution is 0.103. The van der Waals surface area contributed by atoms with E-state index in [1.54, 1.807) is 12.1 Å². The number of hydrogen-bond acceptors (Lipinski definition) is 1. The van der Waals surface area contributed by atoms with Crippen molar-refractivity contribution < 1.29 is 9.13 Å². The first-order valence-electron chi connectivity index (χ1n) is 4.72. The van der Waals surface area contributed by atoms with Gasteiger partial charge in [-0.25, -0.2) is 4.39 Å². The maximum Gasteiger partial charge on any atom is 0.123 e. The Labute approximate surface area is 84.2 Å². The highest BCUT2D eigenvalue weighted by Gasteiger charge is 1.90. The molecular weight excluding hydrogens is 179 g/mol. The Kier molecular flexibility index (Phi) is 4.33. The molecule has 0 radical (unpaired) electrons. The molecule has 0 unspecified atom stereocenters. The summed E-state index contributed by atoms with van der Waals surface area (Å²) in [5, 5.41) is 0. The minimum atomic E-state index is -0.208. The molecule has 0 amide bonds. The third-order valence-corrected chi connectivity index (χ3v) is 1.71. The molecule has 1 aromatic carbocycles. The van der Waals surface area contributed by atoms with Crippen molar-refractivity contribution in [1.29, 1.82) is 0 Å². The van der Waals surface area contributed by atoms with Crippen LogP contribution in [0.1, 0.15) is 19.4 Å². The summed E-state index contributed by atoms with van der Waals surface area (Å²) in [6.45, 7) is 4.58. The molecule has 0 aliphatic carbocycles. The van der Waals surface area contributed by atoms with Gasteiger partial charge in [0, 0.05) is 0 Å². The van der Waals surface area contributed by atoms with Gasteiger partial charge in [0.15, 0.2) is 0 Å². The van der Waals surface area contributed by atoms with E-state index < -0.39 is 0 Å². The van der Waals surface area contributed by atoms with Gasteiger partial charge in [0.1, 0.15) is 5.82 Å². The quantitative estimate of drug-likeness (QED) is 0.714. The first-order chi connectivity index (χ1) is 6.68. The standard InChI is InChI=1S/C12H15FO/c1-10(2)14-9-3-4-11-5-7-12(13)8-6-11/h3-8,10H,9H2,1-2H3/b4-3+. The fourth-order valence-corrected chi connectivity index (χ4v) is 1.01. The van der Waals surface area contributed by atoms with E-state index in [0.717, 1.165) is 5.56 Å². The highest BCUT2D eigenvalue weighted by Crippen LogP contribution is 2.04. The van der Waals surface area contributed by atoms with E-state index in [1.807, 2.05) is 26.0 Å². The molecule has 0 aliphatic heterocycles. The van der Waals surface area contributed by atoms with Gasteiger partial charge in [-0.3, -0.25) is 0 Å². The van der Waals surface area contributed by atoms with Crippen LogP contribution in [0.15, 0.2) is 30.3 Å². The highest BCUT2D eigenvalue weighted by atomic mass is 19.1. The van der Waals surface area contributed by atoms with Gasteiger partial charge in [-0.05, 0) is 31.5 Å². The fraction of sp³-hybridized carbons (Fsp3) is 0.333. The topological polar surface area (TPSA) is 9.23 Å². The molecule has 76 valence electrons. The zero-order valence-corrected chi connectivity index (χ0v) is 8.53. The van der Waals surface area contributed by atoms with Crippen LogP contribution in [0.3, 0.4) is 0 Å². The molecule has 0 spiro atoms. The van der Waals surface area contributed by atoms with Gasteiger partial charge >= 0.3 is 0 Å². The number of halogens is 1. The van der Waals surface area contributed by atoms with Crippen LogP contribution in [0.25, 0.3) is 6.08 Å². The van der Waals surface area contributed by atoms with E-state index in [0.29, 0.717) is 6.61 Å². The van der Waals surface area contributed by atoms with Gasteiger partial charge in [-0.15, -0.1) is 0 Å². The molecule has 0 fully saturated rings. The summed E-state index contributed by atoms with van der Waals surface area (Å²) in [5.74, 6) is -0.208. The van der Waals surface area contributed by atoms with Crippen LogP contribution in [-0.2, 0) is 4.74 Å². The predicted molar refractivity (Wildman–Crippen MR) is 56.5 cm³/mol. The van der Waals surface area contributed by atoms with Crippen molar-refractivity contribution in [1.82, 2.24) is 0 Å². The van der Waals surface area contributed by atoms with Gasteiger partial charge in [0.25, 0.3) is 0 Å². The lowest BCUT2D eigenvalue weighted by atomic mass is 10.2. The van der Waals surface area contributed by atoms with Crippen molar-refractivity contribution >= 4 is 6.08 Å². The smallest absolute Gasteiger partial charge is 0.123 e. The van der Waals surface area contributed by atoms with Gasteiger partial charge < -0.3 is 4.74 Å². The molecule has 14 heavy (non-hydrogen) atoms. The van der Waals surface area contributed by atoms with Crippen molar-refractivity contribution in [2.24, 2.45) is 0 Å². The number of hydrogen-bond donors (Lipinski definition) is 0. The van der Waals surface area contributed by atoms with E-state index in [-0.39, 0.29) is 11.9 Å². The Bertz CT molecular complexity index is 288. The monoisotopic (exact) mass is 194 g/mol. The Hall–Kier alpha value is -1.15. The first-order valence-corrected chi connectivity index (χ1v) is 4.72. The Morgan fingerprint density at radius 3 is 2.50 bits per heavy atom. The van der Waals surface area contributed by atoms with E-state index in [9.17, 15) is 4.39 Å². The van der Waals surface area contributed by atoms with Crippen LogP contribution in [0.2, 0.25) is 0 Å². The van der Waals surface area contributed by atoms with Crippen LogP contribution in [0, 0.1) is 5.82 Å². The fourth-order valence-electron chi connectivity index (χ4n) is 1.01. The molecule has 1 rings (SSSR count). The third-order valence-electron chi connectivity index (χ3n) is 1.71. The zero-order valence-electron chi connectivity index (χ0n) is 8.53. The average molecular weight is 194 g/mol. The summed E-state index contributed by atoms with van der Waals surface area (Å²) in [7, 11) is 0. The molecule has 0 heterocycles. The number of benzene rings is 1. The molecule has 0 N–H and O–H groups in total. The second-order valence-electron chi connectivity index (χ2n) is 3.34. The van der Waals surface area contributed by atoms with Gasteiger partial charge in [0.05, 0.1) is 12.7 Å². The van der Waals surface area contributed by atoms with Crippen molar-refractivity contribution in [3.8, 4) is 0 Å². The second kappa shape index (κ2) is 5.55. The maximum atomic E-state index is 12.5. The SMILES string of the molecule is CC(C)OC/C=C/c1ccc(F)cc1. The Balaban J connectivity index is 2.40. The lowest BCUT2D eigenvalue weighted by Crippen LogP contribution is -2.01. The molecule has 0 bridgehead atoms. The average Bonchev–Trinajstić information content (AvgIpc) is 2.15.